The first kappa shape index (κ1) is 22.1. The number of aryl methyl sites for hydroxylation is 2. The van der Waals surface area contributed by atoms with Crippen LogP contribution in [0.1, 0.15) is 52.9 Å². The lowest BCUT2D eigenvalue weighted by molar-refractivity contribution is -0.140. The van der Waals surface area contributed by atoms with E-state index in [-0.39, 0.29) is 18.0 Å². The molecule has 4 nitrogen and oxygen atoms in total. The van der Waals surface area contributed by atoms with Crippen molar-refractivity contribution in [2.75, 3.05) is 5.32 Å². The molecule has 7 heteroatoms. The molecule has 1 amide bonds. The van der Waals surface area contributed by atoms with E-state index in [1.54, 1.807) is 18.2 Å². The Labute approximate surface area is 185 Å². The van der Waals surface area contributed by atoms with Crippen molar-refractivity contribution in [2.24, 2.45) is 0 Å². The molecule has 168 valence electrons. The third-order valence-corrected chi connectivity index (χ3v) is 6.01. The van der Waals surface area contributed by atoms with Gasteiger partial charge in [0.1, 0.15) is 5.69 Å². The summed E-state index contributed by atoms with van der Waals surface area (Å²) in [5.74, 6) is -0.113. The fourth-order valence-electron chi connectivity index (χ4n) is 4.37. The number of rotatable bonds is 4. The van der Waals surface area contributed by atoms with Gasteiger partial charge in [-0.2, -0.15) is 13.2 Å². The van der Waals surface area contributed by atoms with Gasteiger partial charge in [0.05, 0.1) is 5.52 Å². The molecule has 0 aliphatic heterocycles. The Bertz CT molecular complexity index is 1140. The van der Waals surface area contributed by atoms with Crippen LogP contribution in [0.15, 0.2) is 48.5 Å². The molecule has 2 aromatic carbocycles. The number of fused-ring (bicyclic) bond motifs is 1. The van der Waals surface area contributed by atoms with Crippen molar-refractivity contribution in [2.45, 2.75) is 57.8 Å². The van der Waals surface area contributed by atoms with Crippen LogP contribution < -0.4 is 10.6 Å². The Morgan fingerprint density at radius 3 is 2.53 bits per heavy atom. The second kappa shape index (κ2) is 8.81. The number of aromatic nitrogens is 1. The lowest BCUT2D eigenvalue weighted by atomic mass is 9.90. The summed E-state index contributed by atoms with van der Waals surface area (Å²) in [5, 5.41) is 7.10. The predicted molar refractivity (Wildman–Crippen MR) is 120 cm³/mol. The molecule has 0 bridgehead atoms. The number of nitrogens with zero attached hydrogens (tertiary/aromatic N) is 1. The number of benzene rings is 2. The van der Waals surface area contributed by atoms with E-state index in [1.165, 1.54) is 0 Å². The molecule has 1 saturated carbocycles. The predicted octanol–water partition coefficient (Wildman–Crippen LogP) is 6.02. The van der Waals surface area contributed by atoms with Crippen LogP contribution in [0.3, 0.4) is 0 Å². The molecule has 0 saturated heterocycles. The van der Waals surface area contributed by atoms with Crippen molar-refractivity contribution in [3.8, 4) is 0 Å². The molecule has 2 N–H and O–H groups in total. The van der Waals surface area contributed by atoms with E-state index in [9.17, 15) is 18.0 Å². The van der Waals surface area contributed by atoms with Gasteiger partial charge in [0.25, 0.3) is 5.91 Å². The van der Waals surface area contributed by atoms with Crippen LogP contribution in [0.25, 0.3) is 10.9 Å². The standard InChI is InChI=1S/C25H26F3N3O/c1-15-10-11-21-20(12-15)22(14-23(31-21)25(26,27)28)29-17-7-5-8-18(13-17)30-24(32)19-9-4-3-6-16(19)2/h3-4,6,9-12,14,17-18H,5,7-8,13H2,1-2H3,(H,29,31)(H,30,32)/t17-,18+/m0/s1. The summed E-state index contributed by atoms with van der Waals surface area (Å²) < 4.78 is 40.2. The largest absolute Gasteiger partial charge is 0.433 e. The summed E-state index contributed by atoms with van der Waals surface area (Å²) in [6, 6.07) is 13.7. The third kappa shape index (κ3) is 4.87. The minimum absolute atomic E-state index is 0.0368. The van der Waals surface area contributed by atoms with Crippen molar-refractivity contribution in [3.63, 3.8) is 0 Å². The average molecular weight is 441 g/mol. The summed E-state index contributed by atoms with van der Waals surface area (Å²) in [4.78, 5) is 16.5. The highest BCUT2D eigenvalue weighted by atomic mass is 19.4. The SMILES string of the molecule is Cc1ccc2nc(C(F)(F)F)cc(N[C@H]3CCC[C@@H](NC(=O)c4ccccc4C)C3)c2c1. The van der Waals surface area contributed by atoms with Gasteiger partial charge in [-0.1, -0.05) is 29.8 Å². The number of carbonyl (C=O) groups excluding carboxylic acids is 1. The van der Waals surface area contributed by atoms with Crippen molar-refractivity contribution < 1.29 is 18.0 Å². The van der Waals surface area contributed by atoms with E-state index < -0.39 is 11.9 Å². The quantitative estimate of drug-likeness (QED) is 0.520. The molecule has 0 radical (unpaired) electrons. The zero-order valence-corrected chi connectivity index (χ0v) is 18.1. The molecule has 32 heavy (non-hydrogen) atoms. The van der Waals surface area contributed by atoms with Crippen LogP contribution in [0, 0.1) is 13.8 Å². The van der Waals surface area contributed by atoms with Gasteiger partial charge in [0, 0.05) is 28.7 Å². The maximum Gasteiger partial charge on any atom is 0.433 e. The van der Waals surface area contributed by atoms with Crippen LogP contribution in [0.2, 0.25) is 0 Å². The van der Waals surface area contributed by atoms with Crippen LogP contribution in [-0.4, -0.2) is 23.0 Å². The first-order chi connectivity index (χ1) is 15.2. The van der Waals surface area contributed by atoms with Gasteiger partial charge in [-0.25, -0.2) is 4.98 Å². The number of hydrogen-bond donors (Lipinski definition) is 2. The average Bonchev–Trinajstić information content (AvgIpc) is 2.74. The lowest BCUT2D eigenvalue weighted by Crippen LogP contribution is -2.42. The molecule has 1 aromatic heterocycles. The Hall–Kier alpha value is -3.09. The molecule has 4 rings (SSSR count). The summed E-state index contributed by atoms with van der Waals surface area (Å²) in [6.45, 7) is 3.80. The van der Waals surface area contributed by atoms with Crippen molar-refractivity contribution in [1.29, 1.82) is 0 Å². The number of hydrogen-bond acceptors (Lipinski definition) is 3. The highest BCUT2D eigenvalue weighted by Crippen LogP contribution is 2.34. The Morgan fingerprint density at radius 1 is 1.03 bits per heavy atom. The van der Waals surface area contributed by atoms with Crippen molar-refractivity contribution >= 4 is 22.5 Å². The Kier molecular flexibility index (Phi) is 6.09. The minimum atomic E-state index is -4.52. The monoisotopic (exact) mass is 441 g/mol. The highest BCUT2D eigenvalue weighted by molar-refractivity contribution is 5.95. The third-order valence-electron chi connectivity index (χ3n) is 6.01. The van der Waals surface area contributed by atoms with E-state index in [2.05, 4.69) is 15.6 Å². The summed E-state index contributed by atoms with van der Waals surface area (Å²) in [6.07, 6.45) is -1.32. The van der Waals surface area contributed by atoms with Crippen LogP contribution >= 0.6 is 0 Å². The molecule has 3 aromatic rings. The second-order valence-corrected chi connectivity index (χ2v) is 8.57. The van der Waals surface area contributed by atoms with Gasteiger partial charge in [-0.15, -0.1) is 0 Å². The van der Waals surface area contributed by atoms with Gasteiger partial charge < -0.3 is 10.6 Å². The number of anilines is 1. The number of carbonyl (C=O) groups is 1. The number of amides is 1. The zero-order chi connectivity index (χ0) is 22.9. The van der Waals surface area contributed by atoms with Crippen LogP contribution in [0.5, 0.6) is 0 Å². The number of nitrogens with one attached hydrogen (secondary N) is 2. The summed E-state index contributed by atoms with van der Waals surface area (Å²) in [5.41, 5.74) is 2.35. The number of pyridine rings is 1. The van der Waals surface area contributed by atoms with Gasteiger partial charge >= 0.3 is 6.18 Å². The number of halogens is 3. The van der Waals surface area contributed by atoms with Gasteiger partial charge in [0.15, 0.2) is 0 Å². The molecule has 1 aliphatic rings. The Morgan fingerprint density at radius 2 is 1.78 bits per heavy atom. The van der Waals surface area contributed by atoms with Gasteiger partial charge in [-0.3, -0.25) is 4.79 Å². The Balaban J connectivity index is 1.54. The van der Waals surface area contributed by atoms with Gasteiger partial charge in [0.2, 0.25) is 0 Å². The molecule has 1 heterocycles. The fraction of sp³-hybridized carbons (Fsp3) is 0.360. The van der Waals surface area contributed by atoms with E-state index in [0.29, 0.717) is 28.6 Å². The molecule has 1 aliphatic carbocycles. The smallest absolute Gasteiger partial charge is 0.382 e. The van der Waals surface area contributed by atoms with E-state index >= 15 is 0 Å². The summed E-state index contributed by atoms with van der Waals surface area (Å²) >= 11 is 0. The first-order valence-corrected chi connectivity index (χ1v) is 10.8. The molecular formula is C25H26F3N3O. The topological polar surface area (TPSA) is 54.0 Å². The van der Waals surface area contributed by atoms with Crippen LogP contribution in [0.4, 0.5) is 18.9 Å². The minimum Gasteiger partial charge on any atom is -0.382 e. The van der Waals surface area contributed by atoms with Gasteiger partial charge in [-0.05, 0) is 69.4 Å². The lowest BCUT2D eigenvalue weighted by Gasteiger charge is -2.31. The first-order valence-electron chi connectivity index (χ1n) is 10.8. The fourth-order valence-corrected chi connectivity index (χ4v) is 4.37. The zero-order valence-electron chi connectivity index (χ0n) is 18.1. The van der Waals surface area contributed by atoms with Crippen molar-refractivity contribution in [3.05, 3.63) is 70.9 Å². The normalized spacial score (nSPS) is 19.0. The molecule has 0 spiro atoms. The maximum absolute atomic E-state index is 13.4. The molecule has 1 fully saturated rings. The van der Waals surface area contributed by atoms with E-state index in [1.807, 2.05) is 38.1 Å². The molecule has 0 unspecified atom stereocenters. The van der Waals surface area contributed by atoms with E-state index in [4.69, 9.17) is 0 Å². The van der Waals surface area contributed by atoms with Crippen molar-refractivity contribution in [1.82, 2.24) is 10.3 Å². The van der Waals surface area contributed by atoms with E-state index in [0.717, 1.165) is 36.5 Å². The maximum atomic E-state index is 13.4. The molecular weight excluding hydrogens is 415 g/mol. The van der Waals surface area contributed by atoms with Crippen LogP contribution in [-0.2, 0) is 6.18 Å². The molecule has 2 atom stereocenters. The number of alkyl halides is 3. The highest BCUT2D eigenvalue weighted by Gasteiger charge is 2.34. The second-order valence-electron chi connectivity index (χ2n) is 8.57. The summed E-state index contributed by atoms with van der Waals surface area (Å²) in [7, 11) is 0.